The molecule has 1 aromatic heterocycles. The minimum Gasteiger partial charge on any atom is -0.321 e. The van der Waals surface area contributed by atoms with Crippen molar-refractivity contribution in [3.05, 3.63) is 117 Å². The van der Waals surface area contributed by atoms with Crippen molar-refractivity contribution in [2.24, 2.45) is 11.3 Å². The zero-order chi connectivity index (χ0) is 35.1. The molecular formula is C39H39ClN4O3S2. The smallest absolute Gasteiger partial charge is 0.272 e. The van der Waals surface area contributed by atoms with Gasteiger partial charge in [-0.05, 0) is 96.7 Å². The number of thioether (sulfide) groups is 1. The van der Waals surface area contributed by atoms with Gasteiger partial charge in [0.2, 0.25) is 5.91 Å². The average molecular weight is 711 g/mol. The van der Waals surface area contributed by atoms with Gasteiger partial charge < -0.3 is 16.0 Å². The van der Waals surface area contributed by atoms with Crippen LogP contribution < -0.4 is 16.0 Å². The number of nitrogens with one attached hydrogen (secondary N) is 3. The third-order valence-corrected chi connectivity index (χ3v) is 11.4. The van der Waals surface area contributed by atoms with E-state index < -0.39 is 17.1 Å². The highest BCUT2D eigenvalue weighted by molar-refractivity contribution is 8.00. The highest BCUT2D eigenvalue weighted by atomic mass is 35.5. The molecule has 0 saturated carbocycles. The minimum absolute atomic E-state index is 0.0563. The summed E-state index contributed by atoms with van der Waals surface area (Å²) in [4.78, 5) is 42.1. The predicted octanol–water partition coefficient (Wildman–Crippen LogP) is 9.34. The molecule has 3 aromatic carbocycles. The first-order valence-corrected chi connectivity index (χ1v) is 18.3. The minimum atomic E-state index is -0.509. The SMILES string of the molecule is CCC(Sc1cccc(NC(=O)/C(=C\c2ccc(Cl)cc2)NC(=O)c2ccccc2)c1)C(=O)Nc1sc2c(c1C#N)CCC(C(C)(C)C)C2. The van der Waals surface area contributed by atoms with Crippen LogP contribution >= 0.6 is 34.7 Å². The van der Waals surface area contributed by atoms with Gasteiger partial charge in [-0.2, -0.15) is 5.26 Å². The summed E-state index contributed by atoms with van der Waals surface area (Å²) >= 11 is 8.97. The maximum atomic E-state index is 13.6. The third kappa shape index (κ3) is 9.21. The van der Waals surface area contributed by atoms with Crippen LogP contribution in [0.5, 0.6) is 0 Å². The lowest BCUT2D eigenvalue weighted by molar-refractivity contribution is -0.116. The van der Waals surface area contributed by atoms with E-state index in [1.165, 1.54) is 28.0 Å². The van der Waals surface area contributed by atoms with Crippen LogP contribution in [0, 0.1) is 22.7 Å². The molecule has 3 amide bonds. The Morgan fingerprint density at radius 2 is 1.78 bits per heavy atom. The van der Waals surface area contributed by atoms with Crippen molar-refractivity contribution in [3.8, 4) is 6.07 Å². The summed E-state index contributed by atoms with van der Waals surface area (Å²) < 4.78 is 0. The molecule has 3 N–H and O–H groups in total. The second kappa shape index (κ2) is 15.9. The molecule has 0 saturated heterocycles. The molecule has 2 unspecified atom stereocenters. The number of hydrogen-bond acceptors (Lipinski definition) is 6. The molecule has 0 spiro atoms. The molecular weight excluding hydrogens is 672 g/mol. The topological polar surface area (TPSA) is 111 Å². The Kier molecular flexibility index (Phi) is 11.7. The number of amides is 3. The average Bonchev–Trinajstić information content (AvgIpc) is 3.44. The Morgan fingerprint density at radius 1 is 1.04 bits per heavy atom. The summed E-state index contributed by atoms with van der Waals surface area (Å²) in [5.74, 6) is -0.561. The Labute approximate surface area is 301 Å². The number of carbonyl (C=O) groups is 3. The first-order valence-electron chi connectivity index (χ1n) is 16.2. The van der Waals surface area contributed by atoms with Gasteiger partial charge in [-0.25, -0.2) is 0 Å². The van der Waals surface area contributed by atoms with E-state index in [1.54, 1.807) is 72.8 Å². The number of thiophene rings is 1. The quantitative estimate of drug-likeness (QED) is 0.112. The summed E-state index contributed by atoms with van der Waals surface area (Å²) in [5, 5.41) is 19.5. The van der Waals surface area contributed by atoms with Crippen LogP contribution in [0.4, 0.5) is 10.7 Å². The molecule has 1 heterocycles. The van der Waals surface area contributed by atoms with Gasteiger partial charge >= 0.3 is 0 Å². The van der Waals surface area contributed by atoms with Crippen LogP contribution in [0.25, 0.3) is 6.08 Å². The van der Waals surface area contributed by atoms with Gasteiger partial charge in [-0.3, -0.25) is 14.4 Å². The summed E-state index contributed by atoms with van der Waals surface area (Å²) in [6.45, 7) is 8.72. The third-order valence-electron chi connectivity index (χ3n) is 8.58. The monoisotopic (exact) mass is 710 g/mol. The van der Waals surface area contributed by atoms with Gasteiger partial charge in [0, 0.05) is 26.0 Å². The number of benzene rings is 3. The molecule has 4 aromatic rings. The number of nitrogens with zero attached hydrogens (tertiary/aromatic N) is 1. The van der Waals surface area contributed by atoms with Crippen molar-refractivity contribution in [1.29, 1.82) is 5.26 Å². The summed E-state index contributed by atoms with van der Waals surface area (Å²) in [7, 11) is 0. The normalized spacial score (nSPS) is 15.0. The van der Waals surface area contributed by atoms with Crippen LogP contribution in [-0.2, 0) is 22.4 Å². The highest BCUT2D eigenvalue weighted by Crippen LogP contribution is 2.44. The Bertz CT molecular complexity index is 1910. The fourth-order valence-electron chi connectivity index (χ4n) is 5.72. The lowest BCUT2D eigenvalue weighted by Gasteiger charge is -2.33. The van der Waals surface area contributed by atoms with E-state index in [4.69, 9.17) is 11.6 Å². The molecule has 1 aliphatic rings. The van der Waals surface area contributed by atoms with Crippen molar-refractivity contribution in [2.75, 3.05) is 10.6 Å². The number of halogens is 1. The number of rotatable bonds is 10. The van der Waals surface area contributed by atoms with E-state index in [2.05, 4.69) is 42.8 Å². The summed E-state index contributed by atoms with van der Waals surface area (Å²) in [5.41, 5.74) is 3.51. The van der Waals surface area contributed by atoms with Gasteiger partial charge in [0.15, 0.2) is 0 Å². The van der Waals surface area contributed by atoms with Crippen molar-refractivity contribution >= 4 is 69.2 Å². The van der Waals surface area contributed by atoms with Gasteiger partial charge in [-0.15, -0.1) is 23.1 Å². The van der Waals surface area contributed by atoms with Crippen molar-refractivity contribution in [2.45, 2.75) is 63.5 Å². The lowest BCUT2D eigenvalue weighted by atomic mass is 9.72. The molecule has 0 aliphatic heterocycles. The van der Waals surface area contributed by atoms with Crippen molar-refractivity contribution < 1.29 is 14.4 Å². The summed E-state index contributed by atoms with van der Waals surface area (Å²) in [6, 6.07) is 25.2. The molecule has 252 valence electrons. The largest absolute Gasteiger partial charge is 0.321 e. The highest BCUT2D eigenvalue weighted by Gasteiger charge is 2.33. The number of anilines is 2. The molecule has 0 radical (unpaired) electrons. The standard InChI is InChI=1S/C39H39ClN4O3S2/c1-5-33(37(47)44-38-31(23-41)30-19-16-26(39(2,3)4)21-34(30)49-38)48-29-13-9-12-28(22-29)42-36(46)32(20-24-14-17-27(40)18-15-24)43-35(45)25-10-7-6-8-11-25/h6-15,17-18,20,22,26,33H,5,16,19,21H2,1-4H3,(H,42,46)(H,43,45)(H,44,47)/b32-20+. The van der Waals surface area contributed by atoms with E-state index in [1.807, 2.05) is 19.1 Å². The van der Waals surface area contributed by atoms with Gasteiger partial charge in [0.1, 0.15) is 16.8 Å². The van der Waals surface area contributed by atoms with E-state index in [0.717, 1.165) is 29.7 Å². The van der Waals surface area contributed by atoms with Gasteiger partial charge in [0.25, 0.3) is 11.8 Å². The molecule has 5 rings (SSSR count). The van der Waals surface area contributed by atoms with Crippen molar-refractivity contribution in [3.63, 3.8) is 0 Å². The fraction of sp³-hybridized carbons (Fsp3) is 0.282. The maximum Gasteiger partial charge on any atom is 0.272 e. The number of carbonyl (C=O) groups excluding carboxylic acids is 3. The number of hydrogen-bond donors (Lipinski definition) is 3. The van der Waals surface area contributed by atoms with E-state index in [-0.39, 0.29) is 17.0 Å². The molecule has 0 fully saturated rings. The van der Waals surface area contributed by atoms with Gasteiger partial charge in [-0.1, -0.05) is 75.7 Å². The maximum absolute atomic E-state index is 13.6. The summed E-state index contributed by atoms with van der Waals surface area (Å²) in [6.07, 6.45) is 4.96. The van der Waals surface area contributed by atoms with Crippen molar-refractivity contribution in [1.82, 2.24) is 5.32 Å². The van der Waals surface area contributed by atoms with Crippen LogP contribution in [0.1, 0.15) is 72.5 Å². The van der Waals surface area contributed by atoms with E-state index in [0.29, 0.717) is 44.7 Å². The molecule has 7 nitrogen and oxygen atoms in total. The van der Waals surface area contributed by atoms with Crippen LogP contribution in [0.3, 0.4) is 0 Å². The Balaban J connectivity index is 1.29. The predicted molar refractivity (Wildman–Crippen MR) is 201 cm³/mol. The van der Waals surface area contributed by atoms with Crippen LogP contribution in [-0.4, -0.2) is 23.0 Å². The number of fused-ring (bicyclic) bond motifs is 1. The van der Waals surface area contributed by atoms with E-state index in [9.17, 15) is 19.6 Å². The molecule has 10 heteroatoms. The van der Waals surface area contributed by atoms with Gasteiger partial charge in [0.05, 0.1) is 10.8 Å². The first kappa shape index (κ1) is 35.9. The second-order valence-corrected chi connectivity index (χ2v) is 15.9. The number of nitriles is 1. The van der Waals surface area contributed by atoms with Crippen LogP contribution in [0.15, 0.2) is 89.5 Å². The van der Waals surface area contributed by atoms with E-state index >= 15 is 0 Å². The zero-order valence-electron chi connectivity index (χ0n) is 27.9. The molecule has 49 heavy (non-hydrogen) atoms. The zero-order valence-corrected chi connectivity index (χ0v) is 30.3. The lowest BCUT2D eigenvalue weighted by Crippen LogP contribution is -2.30. The molecule has 1 aliphatic carbocycles. The Morgan fingerprint density at radius 3 is 2.45 bits per heavy atom. The Hall–Kier alpha value is -4.36. The molecule has 0 bridgehead atoms. The van der Waals surface area contributed by atoms with Crippen LogP contribution in [0.2, 0.25) is 5.02 Å². The second-order valence-electron chi connectivity index (χ2n) is 13.0. The first-order chi connectivity index (χ1) is 23.4. The molecule has 2 atom stereocenters. The fourth-order valence-corrected chi connectivity index (χ4v) is 8.14.